The summed E-state index contributed by atoms with van der Waals surface area (Å²) in [6, 6.07) is 24.8. The van der Waals surface area contributed by atoms with Crippen LogP contribution in [0.5, 0.6) is 0 Å². The van der Waals surface area contributed by atoms with Crippen molar-refractivity contribution in [1.82, 2.24) is 4.98 Å². The SMILES string of the molecule is O=C(CCCSc1ccccc1)Nc1nc(-c2ccc3ccccc3c2)cs1. The van der Waals surface area contributed by atoms with Gasteiger partial charge in [0.1, 0.15) is 0 Å². The quantitative estimate of drug-likeness (QED) is 0.283. The highest BCUT2D eigenvalue weighted by Crippen LogP contribution is 2.28. The first-order valence-corrected chi connectivity index (χ1v) is 11.1. The minimum atomic E-state index is 0.0214. The fourth-order valence-electron chi connectivity index (χ4n) is 2.93. The Morgan fingerprint density at radius 3 is 2.61 bits per heavy atom. The predicted octanol–water partition coefficient (Wildman–Crippen LogP) is 6.47. The first kappa shape index (κ1) is 18.7. The summed E-state index contributed by atoms with van der Waals surface area (Å²) in [6.45, 7) is 0. The minimum Gasteiger partial charge on any atom is -0.302 e. The number of benzene rings is 3. The number of nitrogens with one attached hydrogen (secondary N) is 1. The second-order valence-electron chi connectivity index (χ2n) is 6.41. The van der Waals surface area contributed by atoms with Gasteiger partial charge < -0.3 is 5.32 Å². The topological polar surface area (TPSA) is 42.0 Å². The molecule has 0 aliphatic heterocycles. The smallest absolute Gasteiger partial charge is 0.226 e. The molecule has 1 heterocycles. The lowest BCUT2D eigenvalue weighted by Gasteiger charge is -2.03. The van der Waals surface area contributed by atoms with E-state index in [0.29, 0.717) is 11.6 Å². The number of carbonyl (C=O) groups excluding carboxylic acids is 1. The highest BCUT2D eigenvalue weighted by atomic mass is 32.2. The van der Waals surface area contributed by atoms with Gasteiger partial charge in [0.2, 0.25) is 5.91 Å². The van der Waals surface area contributed by atoms with Crippen molar-refractivity contribution < 1.29 is 4.79 Å². The Morgan fingerprint density at radius 1 is 0.964 bits per heavy atom. The summed E-state index contributed by atoms with van der Waals surface area (Å²) in [5.74, 6) is 0.950. The average Bonchev–Trinajstić information content (AvgIpc) is 3.20. The summed E-state index contributed by atoms with van der Waals surface area (Å²) in [5.41, 5.74) is 1.96. The second-order valence-corrected chi connectivity index (χ2v) is 8.44. The molecule has 0 radical (unpaired) electrons. The largest absolute Gasteiger partial charge is 0.302 e. The van der Waals surface area contributed by atoms with Crippen LogP contribution in [-0.4, -0.2) is 16.6 Å². The second kappa shape index (κ2) is 9.04. The Bertz CT molecular complexity index is 1080. The number of thiazole rings is 1. The Morgan fingerprint density at radius 2 is 1.75 bits per heavy atom. The molecule has 28 heavy (non-hydrogen) atoms. The fourth-order valence-corrected chi connectivity index (χ4v) is 4.54. The number of carbonyl (C=O) groups is 1. The van der Waals surface area contributed by atoms with Gasteiger partial charge in [-0.05, 0) is 41.1 Å². The van der Waals surface area contributed by atoms with E-state index >= 15 is 0 Å². The number of amides is 1. The molecule has 3 nitrogen and oxygen atoms in total. The highest BCUT2D eigenvalue weighted by Gasteiger charge is 2.09. The Labute approximate surface area is 172 Å². The Balaban J connectivity index is 1.30. The van der Waals surface area contributed by atoms with Gasteiger partial charge in [0, 0.05) is 22.3 Å². The van der Waals surface area contributed by atoms with Crippen molar-refractivity contribution in [3.05, 3.63) is 78.2 Å². The zero-order chi connectivity index (χ0) is 19.2. The van der Waals surface area contributed by atoms with E-state index < -0.39 is 0 Å². The third-order valence-electron chi connectivity index (χ3n) is 4.36. The lowest BCUT2D eigenvalue weighted by atomic mass is 10.1. The van der Waals surface area contributed by atoms with Crippen LogP contribution in [0.1, 0.15) is 12.8 Å². The molecular weight excluding hydrogens is 384 g/mol. The van der Waals surface area contributed by atoms with Crippen LogP contribution >= 0.6 is 23.1 Å². The summed E-state index contributed by atoms with van der Waals surface area (Å²) < 4.78 is 0. The van der Waals surface area contributed by atoms with Crippen LogP contribution in [0.15, 0.2) is 83.1 Å². The molecule has 0 fully saturated rings. The molecule has 1 amide bonds. The van der Waals surface area contributed by atoms with Gasteiger partial charge in [0.25, 0.3) is 0 Å². The molecule has 1 aromatic heterocycles. The predicted molar refractivity (Wildman–Crippen MR) is 120 cm³/mol. The van der Waals surface area contributed by atoms with Crippen LogP contribution < -0.4 is 5.32 Å². The van der Waals surface area contributed by atoms with Crippen LogP contribution in [0.3, 0.4) is 0 Å². The molecule has 4 rings (SSSR count). The first-order chi connectivity index (χ1) is 13.8. The van der Waals surface area contributed by atoms with E-state index in [9.17, 15) is 4.79 Å². The van der Waals surface area contributed by atoms with Crippen molar-refractivity contribution in [3.8, 4) is 11.3 Å². The molecule has 0 aliphatic carbocycles. The van der Waals surface area contributed by atoms with Crippen LogP contribution in [0.25, 0.3) is 22.0 Å². The van der Waals surface area contributed by atoms with Crippen molar-refractivity contribution in [1.29, 1.82) is 0 Å². The number of anilines is 1. The maximum absolute atomic E-state index is 12.2. The number of fused-ring (bicyclic) bond motifs is 1. The van der Waals surface area contributed by atoms with Crippen LogP contribution in [0.2, 0.25) is 0 Å². The molecule has 0 saturated carbocycles. The summed E-state index contributed by atoms with van der Waals surface area (Å²) >= 11 is 3.24. The summed E-state index contributed by atoms with van der Waals surface area (Å²) in [6.07, 6.45) is 1.35. The number of nitrogens with zero attached hydrogens (tertiary/aromatic N) is 1. The number of aromatic nitrogens is 1. The standard InChI is InChI=1S/C23H20N2OS2/c26-22(11-6-14-27-20-9-2-1-3-10-20)25-23-24-21(16-28-23)19-13-12-17-7-4-5-8-18(17)15-19/h1-5,7-10,12-13,15-16H,6,11,14H2,(H,24,25,26). The third kappa shape index (κ3) is 4.80. The Hall–Kier alpha value is -2.63. The summed E-state index contributed by atoms with van der Waals surface area (Å²) in [4.78, 5) is 18.0. The van der Waals surface area contributed by atoms with E-state index in [1.807, 2.05) is 35.7 Å². The summed E-state index contributed by atoms with van der Waals surface area (Å²) in [7, 11) is 0. The molecule has 0 saturated heterocycles. The highest BCUT2D eigenvalue weighted by molar-refractivity contribution is 7.99. The third-order valence-corrected chi connectivity index (χ3v) is 6.21. The van der Waals surface area contributed by atoms with Gasteiger partial charge in [-0.3, -0.25) is 4.79 Å². The molecule has 0 unspecified atom stereocenters. The zero-order valence-electron chi connectivity index (χ0n) is 15.3. The van der Waals surface area contributed by atoms with E-state index in [0.717, 1.165) is 23.4 Å². The van der Waals surface area contributed by atoms with Gasteiger partial charge in [-0.25, -0.2) is 4.98 Å². The number of hydrogen-bond acceptors (Lipinski definition) is 4. The number of hydrogen-bond donors (Lipinski definition) is 1. The lowest BCUT2D eigenvalue weighted by molar-refractivity contribution is -0.116. The van der Waals surface area contributed by atoms with Crippen molar-refractivity contribution in [2.45, 2.75) is 17.7 Å². The van der Waals surface area contributed by atoms with Gasteiger partial charge in [-0.1, -0.05) is 54.6 Å². The average molecular weight is 405 g/mol. The zero-order valence-corrected chi connectivity index (χ0v) is 16.9. The molecule has 3 aromatic carbocycles. The normalized spacial score (nSPS) is 10.9. The molecule has 0 atom stereocenters. The van der Waals surface area contributed by atoms with Crippen LogP contribution in [0, 0.1) is 0 Å². The van der Waals surface area contributed by atoms with Crippen molar-refractivity contribution in [2.75, 3.05) is 11.1 Å². The fraction of sp³-hybridized carbons (Fsp3) is 0.130. The van der Waals surface area contributed by atoms with E-state index in [4.69, 9.17) is 0 Å². The van der Waals surface area contributed by atoms with E-state index in [1.165, 1.54) is 27.0 Å². The van der Waals surface area contributed by atoms with Gasteiger partial charge in [0.05, 0.1) is 5.69 Å². The van der Waals surface area contributed by atoms with E-state index in [2.05, 4.69) is 52.8 Å². The molecule has 4 aromatic rings. The lowest BCUT2D eigenvalue weighted by Crippen LogP contribution is -2.11. The van der Waals surface area contributed by atoms with Crippen LogP contribution in [0.4, 0.5) is 5.13 Å². The molecule has 0 aliphatic rings. The first-order valence-electron chi connectivity index (χ1n) is 9.20. The monoisotopic (exact) mass is 404 g/mol. The molecule has 1 N–H and O–H groups in total. The van der Waals surface area contributed by atoms with Crippen molar-refractivity contribution >= 4 is 44.9 Å². The maximum atomic E-state index is 12.2. The van der Waals surface area contributed by atoms with E-state index in [-0.39, 0.29) is 5.91 Å². The maximum Gasteiger partial charge on any atom is 0.226 e. The van der Waals surface area contributed by atoms with Crippen LogP contribution in [-0.2, 0) is 4.79 Å². The molecule has 0 spiro atoms. The summed E-state index contributed by atoms with van der Waals surface area (Å²) in [5, 5.41) is 7.98. The molecule has 140 valence electrons. The number of thioether (sulfide) groups is 1. The van der Waals surface area contributed by atoms with Gasteiger partial charge in [-0.2, -0.15) is 0 Å². The molecule has 0 bridgehead atoms. The van der Waals surface area contributed by atoms with Gasteiger partial charge in [-0.15, -0.1) is 23.1 Å². The van der Waals surface area contributed by atoms with Gasteiger partial charge in [0.15, 0.2) is 5.13 Å². The van der Waals surface area contributed by atoms with E-state index in [1.54, 1.807) is 11.8 Å². The van der Waals surface area contributed by atoms with Crippen molar-refractivity contribution in [3.63, 3.8) is 0 Å². The van der Waals surface area contributed by atoms with Crippen molar-refractivity contribution in [2.24, 2.45) is 0 Å². The number of rotatable bonds is 7. The minimum absolute atomic E-state index is 0.0214. The Kier molecular flexibility index (Phi) is 6.04. The molecular formula is C23H20N2OS2. The molecule has 5 heteroatoms. The van der Waals surface area contributed by atoms with Gasteiger partial charge >= 0.3 is 0 Å².